The van der Waals surface area contributed by atoms with Crippen LogP contribution in [0.1, 0.15) is 25.0 Å². The molecule has 0 bridgehead atoms. The summed E-state index contributed by atoms with van der Waals surface area (Å²) in [7, 11) is 0. The summed E-state index contributed by atoms with van der Waals surface area (Å²) in [5, 5.41) is 8.37. The number of benzene rings is 8. The van der Waals surface area contributed by atoms with Gasteiger partial charge in [0.2, 0.25) is 5.95 Å². The van der Waals surface area contributed by atoms with Crippen LogP contribution in [0.3, 0.4) is 0 Å². The van der Waals surface area contributed by atoms with Crippen LogP contribution in [0.4, 0.5) is 0 Å². The van der Waals surface area contributed by atoms with E-state index in [1.54, 1.807) is 0 Å². The van der Waals surface area contributed by atoms with E-state index in [1.807, 2.05) is 0 Å². The highest BCUT2D eigenvalue weighted by Crippen LogP contribution is 2.50. The zero-order valence-corrected chi connectivity index (χ0v) is 28.9. The lowest BCUT2D eigenvalue weighted by molar-refractivity contribution is 0.661. The lowest BCUT2D eigenvalue weighted by Crippen LogP contribution is -2.14. The fourth-order valence-corrected chi connectivity index (χ4v) is 8.85. The van der Waals surface area contributed by atoms with Crippen LogP contribution in [0, 0.1) is 0 Å². The third-order valence-corrected chi connectivity index (χ3v) is 11.4. The largest absolute Gasteiger partial charge is 0.277 e. The van der Waals surface area contributed by atoms with E-state index in [9.17, 15) is 0 Å². The van der Waals surface area contributed by atoms with Crippen LogP contribution in [-0.4, -0.2) is 14.5 Å². The van der Waals surface area contributed by atoms with Crippen molar-refractivity contribution in [1.29, 1.82) is 0 Å². The second-order valence-electron chi connectivity index (χ2n) is 14.6. The molecule has 10 aromatic rings. The number of para-hydroxylation sites is 1. The monoisotopic (exact) mass is 663 g/mol. The summed E-state index contributed by atoms with van der Waals surface area (Å²) < 4.78 is 2.29. The summed E-state index contributed by atoms with van der Waals surface area (Å²) in [5.74, 6) is 0.670. The lowest BCUT2D eigenvalue weighted by atomic mass is 9.81. The lowest BCUT2D eigenvalue weighted by Gasteiger charge is -2.22. The van der Waals surface area contributed by atoms with Crippen molar-refractivity contribution in [1.82, 2.24) is 14.5 Å². The highest BCUT2D eigenvalue weighted by atomic mass is 15.2. The van der Waals surface area contributed by atoms with Gasteiger partial charge in [-0.25, -0.2) is 9.97 Å². The first-order chi connectivity index (χ1) is 25.5. The molecule has 8 aromatic carbocycles. The number of rotatable bonds is 3. The van der Waals surface area contributed by atoms with Crippen molar-refractivity contribution in [3.63, 3.8) is 0 Å². The summed E-state index contributed by atoms with van der Waals surface area (Å²) in [6.07, 6.45) is 0. The first-order valence-corrected chi connectivity index (χ1v) is 18.0. The Morgan fingerprint density at radius 2 is 1.13 bits per heavy atom. The molecule has 0 N–H and O–H groups in total. The quantitative estimate of drug-likeness (QED) is 0.176. The molecule has 3 heteroatoms. The molecule has 3 nitrogen and oxygen atoms in total. The van der Waals surface area contributed by atoms with E-state index in [4.69, 9.17) is 9.97 Å². The predicted octanol–water partition coefficient (Wildman–Crippen LogP) is 12.7. The van der Waals surface area contributed by atoms with Crippen molar-refractivity contribution in [3.05, 3.63) is 175 Å². The van der Waals surface area contributed by atoms with Gasteiger partial charge in [0, 0.05) is 32.5 Å². The molecule has 0 aliphatic heterocycles. The summed E-state index contributed by atoms with van der Waals surface area (Å²) in [6.45, 7) is 4.71. The fourth-order valence-electron chi connectivity index (χ4n) is 8.85. The van der Waals surface area contributed by atoms with Crippen molar-refractivity contribution >= 4 is 54.3 Å². The molecule has 52 heavy (non-hydrogen) atoms. The molecule has 2 heterocycles. The Labute approximate surface area is 301 Å². The van der Waals surface area contributed by atoms with Gasteiger partial charge in [-0.05, 0) is 79.9 Å². The Morgan fingerprint density at radius 3 is 1.98 bits per heavy atom. The Balaban J connectivity index is 1.21. The SMILES string of the molecule is CC1(C)c2ccccc2-c2cc3ccc4c(ccc5c6ccccc6n(-c6nc(-c7ccccc7)c7cc(-c8ccccc8)ccc7n6)c45)c3cc21. The minimum Gasteiger partial charge on any atom is -0.277 e. The van der Waals surface area contributed by atoms with Gasteiger partial charge in [0.25, 0.3) is 0 Å². The molecule has 0 saturated carbocycles. The van der Waals surface area contributed by atoms with Gasteiger partial charge in [-0.1, -0.05) is 147 Å². The van der Waals surface area contributed by atoms with Crippen molar-refractivity contribution in [2.24, 2.45) is 0 Å². The van der Waals surface area contributed by atoms with Crippen molar-refractivity contribution < 1.29 is 0 Å². The highest BCUT2D eigenvalue weighted by molar-refractivity contribution is 6.23. The number of fused-ring (bicyclic) bond motifs is 11. The van der Waals surface area contributed by atoms with E-state index in [1.165, 1.54) is 60.1 Å². The van der Waals surface area contributed by atoms with E-state index in [0.717, 1.165) is 38.8 Å². The van der Waals surface area contributed by atoms with E-state index < -0.39 is 0 Å². The minimum absolute atomic E-state index is 0.0750. The third-order valence-electron chi connectivity index (χ3n) is 11.4. The van der Waals surface area contributed by atoms with E-state index >= 15 is 0 Å². The number of hydrogen-bond donors (Lipinski definition) is 0. The van der Waals surface area contributed by atoms with Crippen LogP contribution in [0.5, 0.6) is 0 Å². The maximum Gasteiger partial charge on any atom is 0.235 e. The first-order valence-electron chi connectivity index (χ1n) is 18.0. The summed E-state index contributed by atoms with van der Waals surface area (Å²) in [6, 6.07) is 59.2. The molecule has 0 atom stereocenters. The highest BCUT2D eigenvalue weighted by Gasteiger charge is 2.35. The average molecular weight is 664 g/mol. The molecule has 1 aliphatic carbocycles. The molecule has 0 unspecified atom stereocenters. The van der Waals surface area contributed by atoms with Crippen LogP contribution < -0.4 is 0 Å². The smallest absolute Gasteiger partial charge is 0.235 e. The van der Waals surface area contributed by atoms with E-state index in [0.29, 0.717) is 5.95 Å². The zero-order chi connectivity index (χ0) is 34.6. The van der Waals surface area contributed by atoms with Crippen LogP contribution in [0.15, 0.2) is 164 Å². The second kappa shape index (κ2) is 10.7. The zero-order valence-electron chi connectivity index (χ0n) is 28.9. The maximum atomic E-state index is 5.46. The minimum atomic E-state index is -0.0750. The molecule has 0 fully saturated rings. The Morgan fingerprint density at radius 1 is 0.442 bits per heavy atom. The van der Waals surface area contributed by atoms with Gasteiger partial charge in [-0.2, -0.15) is 0 Å². The maximum absolute atomic E-state index is 5.46. The van der Waals surface area contributed by atoms with Crippen LogP contribution >= 0.6 is 0 Å². The summed E-state index contributed by atoms with van der Waals surface area (Å²) in [5.41, 5.74) is 12.8. The predicted molar refractivity (Wildman–Crippen MR) is 217 cm³/mol. The van der Waals surface area contributed by atoms with Gasteiger partial charge in [0.1, 0.15) is 0 Å². The first kappa shape index (κ1) is 29.2. The molecular formula is C49H33N3. The molecule has 11 rings (SSSR count). The molecule has 1 aliphatic rings. The fraction of sp³-hybridized carbons (Fsp3) is 0.0612. The molecule has 0 spiro atoms. The number of nitrogens with zero attached hydrogens (tertiary/aromatic N) is 3. The van der Waals surface area contributed by atoms with Gasteiger partial charge < -0.3 is 0 Å². The normalized spacial score (nSPS) is 13.3. The number of hydrogen-bond acceptors (Lipinski definition) is 2. The number of aromatic nitrogens is 3. The Kier molecular flexibility index (Phi) is 6.01. The summed E-state index contributed by atoms with van der Waals surface area (Å²) in [4.78, 5) is 10.8. The van der Waals surface area contributed by atoms with Gasteiger partial charge in [-0.15, -0.1) is 0 Å². The average Bonchev–Trinajstić information content (AvgIpc) is 3.65. The van der Waals surface area contributed by atoms with Crippen molar-refractivity contribution in [2.75, 3.05) is 0 Å². The topological polar surface area (TPSA) is 30.7 Å². The van der Waals surface area contributed by atoms with Gasteiger partial charge in [0.05, 0.1) is 22.2 Å². The van der Waals surface area contributed by atoms with Gasteiger partial charge in [-0.3, -0.25) is 4.57 Å². The van der Waals surface area contributed by atoms with Crippen molar-refractivity contribution in [3.8, 4) is 39.5 Å². The van der Waals surface area contributed by atoms with Crippen LogP contribution in [0.2, 0.25) is 0 Å². The molecule has 2 aromatic heterocycles. The Bertz CT molecular complexity index is 3080. The van der Waals surface area contributed by atoms with E-state index in [-0.39, 0.29) is 5.41 Å². The molecule has 244 valence electrons. The van der Waals surface area contributed by atoms with E-state index in [2.05, 4.69) is 182 Å². The molecule has 0 saturated heterocycles. The molecule has 0 amide bonds. The second-order valence-corrected chi connectivity index (χ2v) is 14.6. The van der Waals surface area contributed by atoms with Crippen molar-refractivity contribution in [2.45, 2.75) is 19.3 Å². The summed E-state index contributed by atoms with van der Waals surface area (Å²) >= 11 is 0. The third kappa shape index (κ3) is 4.08. The van der Waals surface area contributed by atoms with Gasteiger partial charge >= 0.3 is 0 Å². The Hall–Kier alpha value is -6.58. The van der Waals surface area contributed by atoms with Gasteiger partial charge in [0.15, 0.2) is 0 Å². The molecular weight excluding hydrogens is 631 g/mol. The van der Waals surface area contributed by atoms with Crippen LogP contribution in [-0.2, 0) is 5.41 Å². The molecule has 0 radical (unpaired) electrons. The van der Waals surface area contributed by atoms with Crippen LogP contribution in [0.25, 0.3) is 93.7 Å². The standard InChI is InChI=1S/C49H33N3/c1-49(2)42-19-11-9-17-35(42)40-28-33-21-23-37-34(39(33)29-43(40)49)24-25-38-36-18-10-12-20-45(36)52(47(37)38)48-50-44-26-22-32(30-13-5-3-6-14-30)27-41(44)46(51-48)31-15-7-4-8-16-31/h3-29H,1-2H3.